The van der Waals surface area contributed by atoms with Gasteiger partial charge in [-0.05, 0) is 30.7 Å². The summed E-state index contributed by atoms with van der Waals surface area (Å²) in [4.78, 5) is 8.74. The third-order valence-corrected chi connectivity index (χ3v) is 4.22. The van der Waals surface area contributed by atoms with Crippen molar-refractivity contribution in [1.29, 1.82) is 0 Å². The number of pyridine rings is 1. The lowest BCUT2D eigenvalue weighted by molar-refractivity contribution is 0.198. The molecule has 1 unspecified atom stereocenters. The number of piperazine rings is 1. The van der Waals surface area contributed by atoms with Gasteiger partial charge in [0.2, 0.25) is 0 Å². The smallest absolute Gasteiger partial charge is 0.146 e. The Morgan fingerprint density at radius 2 is 1.81 bits per heavy atom. The Kier molecular flexibility index (Phi) is 4.15. The molecule has 0 bridgehead atoms. The molecule has 1 aliphatic rings. The van der Waals surface area contributed by atoms with Gasteiger partial charge >= 0.3 is 0 Å². The van der Waals surface area contributed by atoms with Gasteiger partial charge in [-0.15, -0.1) is 0 Å². The first-order chi connectivity index (χ1) is 10.3. The summed E-state index contributed by atoms with van der Waals surface area (Å²) in [6.07, 6.45) is 3.72. The number of hydrogen-bond acceptors (Lipinski definition) is 3. The average Bonchev–Trinajstić information content (AvgIpc) is 2.56. The van der Waals surface area contributed by atoms with Crippen LogP contribution in [0.2, 0.25) is 0 Å². The van der Waals surface area contributed by atoms with Gasteiger partial charge < -0.3 is 4.90 Å². The molecular formula is C17H20FN3. The fourth-order valence-corrected chi connectivity index (χ4v) is 2.89. The van der Waals surface area contributed by atoms with Crippen molar-refractivity contribution >= 4 is 5.69 Å². The summed E-state index contributed by atoms with van der Waals surface area (Å²) in [6.45, 7) is 5.78. The lowest BCUT2D eigenvalue weighted by Crippen LogP contribution is -2.47. The van der Waals surface area contributed by atoms with Crippen LogP contribution in [0, 0.1) is 5.82 Å². The maximum Gasteiger partial charge on any atom is 0.146 e. The number of rotatable bonds is 3. The molecule has 2 heterocycles. The number of para-hydroxylation sites is 1. The number of aromatic nitrogens is 1. The average molecular weight is 285 g/mol. The fraction of sp³-hybridized carbons (Fsp3) is 0.353. The van der Waals surface area contributed by atoms with Gasteiger partial charge in [-0.1, -0.05) is 18.2 Å². The molecule has 0 N–H and O–H groups in total. The van der Waals surface area contributed by atoms with E-state index in [1.165, 1.54) is 11.6 Å². The summed E-state index contributed by atoms with van der Waals surface area (Å²) in [6, 6.07) is 11.4. The van der Waals surface area contributed by atoms with Crippen LogP contribution in [-0.4, -0.2) is 36.1 Å². The predicted molar refractivity (Wildman–Crippen MR) is 82.8 cm³/mol. The van der Waals surface area contributed by atoms with Gasteiger partial charge in [0.15, 0.2) is 0 Å². The van der Waals surface area contributed by atoms with E-state index in [1.54, 1.807) is 12.3 Å². The zero-order valence-corrected chi connectivity index (χ0v) is 12.2. The summed E-state index contributed by atoms with van der Waals surface area (Å²) in [7, 11) is 0. The monoisotopic (exact) mass is 285 g/mol. The van der Waals surface area contributed by atoms with Crippen LogP contribution >= 0.6 is 0 Å². The lowest BCUT2D eigenvalue weighted by atomic mass is 10.1. The van der Waals surface area contributed by atoms with Crippen molar-refractivity contribution in [3.05, 3.63) is 60.2 Å². The Labute approximate surface area is 125 Å². The van der Waals surface area contributed by atoms with Crippen molar-refractivity contribution in [2.75, 3.05) is 31.1 Å². The predicted octanol–water partition coefficient (Wildman–Crippen LogP) is 3.10. The number of halogens is 1. The molecule has 1 saturated heterocycles. The minimum atomic E-state index is -0.133. The van der Waals surface area contributed by atoms with E-state index in [4.69, 9.17) is 0 Å². The SMILES string of the molecule is CC(c1cccnc1)N1CCN(c2ccccc2F)CC1. The minimum absolute atomic E-state index is 0.133. The van der Waals surface area contributed by atoms with Crippen LogP contribution in [0.5, 0.6) is 0 Å². The van der Waals surface area contributed by atoms with E-state index < -0.39 is 0 Å². The number of hydrogen-bond donors (Lipinski definition) is 0. The Balaban J connectivity index is 1.64. The van der Waals surface area contributed by atoms with Crippen LogP contribution in [0.15, 0.2) is 48.8 Å². The molecule has 1 aromatic heterocycles. The maximum absolute atomic E-state index is 13.8. The normalized spacial score (nSPS) is 17.7. The zero-order chi connectivity index (χ0) is 14.7. The second-order valence-corrected chi connectivity index (χ2v) is 5.44. The van der Waals surface area contributed by atoms with E-state index in [2.05, 4.69) is 27.8 Å². The van der Waals surface area contributed by atoms with Crippen LogP contribution in [0.25, 0.3) is 0 Å². The van der Waals surface area contributed by atoms with E-state index in [-0.39, 0.29) is 5.82 Å². The topological polar surface area (TPSA) is 19.4 Å². The van der Waals surface area contributed by atoms with Crippen LogP contribution < -0.4 is 4.90 Å². The highest BCUT2D eigenvalue weighted by atomic mass is 19.1. The highest BCUT2D eigenvalue weighted by Gasteiger charge is 2.23. The number of nitrogens with zero attached hydrogens (tertiary/aromatic N) is 3. The third kappa shape index (κ3) is 3.05. The molecule has 2 aromatic rings. The van der Waals surface area contributed by atoms with Crippen molar-refractivity contribution in [2.24, 2.45) is 0 Å². The van der Waals surface area contributed by atoms with Gasteiger partial charge in [0.25, 0.3) is 0 Å². The van der Waals surface area contributed by atoms with Crippen molar-refractivity contribution in [3.8, 4) is 0 Å². The Morgan fingerprint density at radius 1 is 1.05 bits per heavy atom. The molecule has 3 nitrogen and oxygen atoms in total. The largest absolute Gasteiger partial charge is 0.367 e. The van der Waals surface area contributed by atoms with Gasteiger partial charge in [0, 0.05) is 44.6 Å². The number of benzene rings is 1. The molecule has 3 rings (SSSR count). The molecule has 4 heteroatoms. The summed E-state index contributed by atoms with van der Waals surface area (Å²) in [5, 5.41) is 0. The van der Waals surface area contributed by atoms with Crippen LogP contribution in [0.3, 0.4) is 0 Å². The first-order valence-corrected chi connectivity index (χ1v) is 7.39. The maximum atomic E-state index is 13.8. The summed E-state index contributed by atoms with van der Waals surface area (Å²) >= 11 is 0. The summed E-state index contributed by atoms with van der Waals surface area (Å²) < 4.78 is 13.8. The van der Waals surface area contributed by atoms with Gasteiger partial charge in [-0.25, -0.2) is 4.39 Å². The molecule has 1 aromatic carbocycles. The zero-order valence-electron chi connectivity index (χ0n) is 12.2. The molecule has 1 fully saturated rings. The molecule has 1 atom stereocenters. The quantitative estimate of drug-likeness (QED) is 0.864. The van der Waals surface area contributed by atoms with Crippen molar-refractivity contribution < 1.29 is 4.39 Å². The fourth-order valence-electron chi connectivity index (χ4n) is 2.89. The minimum Gasteiger partial charge on any atom is -0.367 e. The van der Waals surface area contributed by atoms with Crippen LogP contribution in [0.1, 0.15) is 18.5 Å². The second kappa shape index (κ2) is 6.22. The van der Waals surface area contributed by atoms with Gasteiger partial charge in [0.05, 0.1) is 5.69 Å². The lowest BCUT2D eigenvalue weighted by Gasteiger charge is -2.39. The van der Waals surface area contributed by atoms with E-state index in [0.29, 0.717) is 11.7 Å². The molecular weight excluding hydrogens is 265 g/mol. The van der Waals surface area contributed by atoms with Crippen molar-refractivity contribution in [2.45, 2.75) is 13.0 Å². The van der Waals surface area contributed by atoms with Crippen molar-refractivity contribution in [1.82, 2.24) is 9.88 Å². The standard InChI is InChI=1S/C17H20FN3/c1-14(15-5-4-8-19-13-15)20-9-11-21(12-10-20)17-7-3-2-6-16(17)18/h2-8,13-14H,9-12H2,1H3. The molecule has 110 valence electrons. The van der Waals surface area contributed by atoms with E-state index >= 15 is 0 Å². The van der Waals surface area contributed by atoms with E-state index in [0.717, 1.165) is 26.2 Å². The molecule has 1 aliphatic heterocycles. The molecule has 0 spiro atoms. The molecule has 0 saturated carbocycles. The Hall–Kier alpha value is -1.94. The molecule has 0 radical (unpaired) electrons. The molecule has 0 aliphatic carbocycles. The summed E-state index contributed by atoms with van der Waals surface area (Å²) in [5.41, 5.74) is 1.95. The first-order valence-electron chi connectivity index (χ1n) is 7.39. The highest BCUT2D eigenvalue weighted by Crippen LogP contribution is 2.24. The first kappa shape index (κ1) is 14.0. The van der Waals surface area contributed by atoms with Crippen LogP contribution in [-0.2, 0) is 0 Å². The summed E-state index contributed by atoms with van der Waals surface area (Å²) in [5.74, 6) is -0.133. The van der Waals surface area contributed by atoms with Gasteiger partial charge in [-0.2, -0.15) is 0 Å². The second-order valence-electron chi connectivity index (χ2n) is 5.44. The van der Waals surface area contributed by atoms with Gasteiger partial charge in [0.1, 0.15) is 5.82 Å². The third-order valence-electron chi connectivity index (χ3n) is 4.22. The Bertz CT molecular complexity index is 580. The van der Waals surface area contributed by atoms with E-state index in [9.17, 15) is 4.39 Å². The molecule has 21 heavy (non-hydrogen) atoms. The molecule has 0 amide bonds. The van der Waals surface area contributed by atoms with Gasteiger partial charge in [-0.3, -0.25) is 9.88 Å². The van der Waals surface area contributed by atoms with Crippen LogP contribution in [0.4, 0.5) is 10.1 Å². The van der Waals surface area contributed by atoms with E-state index in [1.807, 2.05) is 24.4 Å². The highest BCUT2D eigenvalue weighted by molar-refractivity contribution is 5.48. The van der Waals surface area contributed by atoms with Crippen molar-refractivity contribution in [3.63, 3.8) is 0 Å². The Morgan fingerprint density at radius 3 is 2.48 bits per heavy atom. The number of anilines is 1.